The van der Waals surface area contributed by atoms with E-state index in [0.29, 0.717) is 0 Å². The molecule has 0 unspecified atom stereocenters. The number of benzene rings is 2. The van der Waals surface area contributed by atoms with Gasteiger partial charge in [-0.1, -0.05) is 43.7 Å². The van der Waals surface area contributed by atoms with Crippen molar-refractivity contribution in [3.8, 4) is 5.75 Å². The smallest absolute Gasteiger partial charge is 0.122 e. The van der Waals surface area contributed by atoms with Gasteiger partial charge in [-0.05, 0) is 80.3 Å². The number of aryl methyl sites for hydroxylation is 3. The molecular formula is C22H30O. The molecule has 0 bridgehead atoms. The molecule has 0 spiro atoms. The molecule has 2 rings (SSSR count). The van der Waals surface area contributed by atoms with E-state index in [1.54, 1.807) is 0 Å². The van der Waals surface area contributed by atoms with Gasteiger partial charge < -0.3 is 4.74 Å². The summed E-state index contributed by atoms with van der Waals surface area (Å²) >= 11 is 0. The Morgan fingerprint density at radius 2 is 1.39 bits per heavy atom. The Morgan fingerprint density at radius 3 is 2.00 bits per heavy atom. The molecule has 1 nitrogen and oxygen atoms in total. The molecule has 0 heterocycles. The molecule has 0 fully saturated rings. The predicted molar refractivity (Wildman–Crippen MR) is 99.5 cm³/mol. The van der Waals surface area contributed by atoms with Crippen molar-refractivity contribution >= 4 is 0 Å². The largest absolute Gasteiger partial charge is 0.494 e. The van der Waals surface area contributed by atoms with Gasteiger partial charge in [0.2, 0.25) is 0 Å². The molecule has 2 aromatic carbocycles. The maximum atomic E-state index is 5.68. The van der Waals surface area contributed by atoms with Crippen LogP contribution in [0.1, 0.15) is 54.5 Å². The van der Waals surface area contributed by atoms with Gasteiger partial charge in [-0.25, -0.2) is 0 Å². The number of ether oxygens (including phenoxy) is 1. The lowest BCUT2D eigenvalue weighted by atomic mass is 9.96. The van der Waals surface area contributed by atoms with Crippen molar-refractivity contribution in [3.63, 3.8) is 0 Å². The van der Waals surface area contributed by atoms with E-state index in [-0.39, 0.29) is 0 Å². The Hall–Kier alpha value is -1.76. The van der Waals surface area contributed by atoms with Crippen LogP contribution in [0, 0.1) is 13.8 Å². The van der Waals surface area contributed by atoms with Gasteiger partial charge in [-0.15, -0.1) is 0 Å². The van der Waals surface area contributed by atoms with Crippen LogP contribution < -0.4 is 4.74 Å². The topological polar surface area (TPSA) is 9.23 Å². The summed E-state index contributed by atoms with van der Waals surface area (Å²) in [5, 5.41) is 0. The zero-order valence-electron chi connectivity index (χ0n) is 15.1. The fourth-order valence-corrected chi connectivity index (χ4v) is 2.97. The molecule has 0 N–H and O–H groups in total. The summed E-state index contributed by atoms with van der Waals surface area (Å²) in [4.78, 5) is 0. The Labute approximate surface area is 141 Å². The van der Waals surface area contributed by atoms with Crippen molar-refractivity contribution in [2.45, 2.75) is 59.8 Å². The normalized spacial score (nSPS) is 10.8. The molecular weight excluding hydrogens is 280 g/mol. The summed E-state index contributed by atoms with van der Waals surface area (Å²) in [6, 6.07) is 13.5. The number of unbranched alkanes of at least 4 members (excludes halogenated alkanes) is 1. The van der Waals surface area contributed by atoms with E-state index < -0.39 is 0 Å². The third-order valence-electron chi connectivity index (χ3n) is 4.67. The van der Waals surface area contributed by atoms with Crippen molar-refractivity contribution in [3.05, 3.63) is 64.2 Å². The first kappa shape index (κ1) is 17.6. The fourth-order valence-electron chi connectivity index (χ4n) is 2.97. The van der Waals surface area contributed by atoms with E-state index >= 15 is 0 Å². The molecule has 0 saturated heterocycles. The van der Waals surface area contributed by atoms with Crippen LogP contribution in [0.4, 0.5) is 0 Å². The molecule has 0 aromatic heterocycles. The van der Waals surface area contributed by atoms with E-state index in [1.165, 1.54) is 47.1 Å². The van der Waals surface area contributed by atoms with Gasteiger partial charge in [0, 0.05) is 0 Å². The molecule has 0 atom stereocenters. The lowest BCUT2D eigenvalue weighted by molar-refractivity contribution is 0.337. The van der Waals surface area contributed by atoms with Crippen molar-refractivity contribution in [1.82, 2.24) is 0 Å². The standard InChI is InChI=1S/C22H30O/c1-5-7-8-19-9-11-20(12-10-19)13-14-21-15-16-22(23-6-2)18(4)17(21)3/h9-12,15-16H,5-8,13-14H2,1-4H3. The zero-order chi connectivity index (χ0) is 16.7. The highest BCUT2D eigenvalue weighted by atomic mass is 16.5. The molecule has 0 saturated carbocycles. The molecule has 0 amide bonds. The van der Waals surface area contributed by atoms with Gasteiger partial charge in [0.25, 0.3) is 0 Å². The minimum absolute atomic E-state index is 0.726. The summed E-state index contributed by atoms with van der Waals surface area (Å²) in [7, 11) is 0. The van der Waals surface area contributed by atoms with Crippen molar-refractivity contribution in [2.24, 2.45) is 0 Å². The van der Waals surface area contributed by atoms with E-state index in [9.17, 15) is 0 Å². The van der Waals surface area contributed by atoms with Crippen LogP contribution in [-0.4, -0.2) is 6.61 Å². The average molecular weight is 310 g/mol. The van der Waals surface area contributed by atoms with Gasteiger partial charge in [-0.3, -0.25) is 0 Å². The van der Waals surface area contributed by atoms with Crippen molar-refractivity contribution in [1.29, 1.82) is 0 Å². The molecule has 0 aliphatic carbocycles. The molecule has 124 valence electrons. The Bertz CT molecular complexity index is 611. The van der Waals surface area contributed by atoms with E-state index in [4.69, 9.17) is 4.74 Å². The van der Waals surface area contributed by atoms with Gasteiger partial charge >= 0.3 is 0 Å². The first-order chi connectivity index (χ1) is 11.2. The molecule has 0 aliphatic rings. The predicted octanol–water partition coefficient (Wildman–Crippen LogP) is 5.83. The molecule has 23 heavy (non-hydrogen) atoms. The Morgan fingerprint density at radius 1 is 0.739 bits per heavy atom. The highest BCUT2D eigenvalue weighted by Gasteiger charge is 2.07. The van der Waals surface area contributed by atoms with E-state index in [1.807, 2.05) is 6.92 Å². The average Bonchev–Trinajstić information content (AvgIpc) is 2.57. The maximum absolute atomic E-state index is 5.68. The number of rotatable bonds is 8. The van der Waals surface area contributed by atoms with Crippen LogP contribution in [0.25, 0.3) is 0 Å². The van der Waals surface area contributed by atoms with Crippen LogP contribution in [0.5, 0.6) is 5.75 Å². The van der Waals surface area contributed by atoms with Crippen LogP contribution >= 0.6 is 0 Å². The van der Waals surface area contributed by atoms with Crippen molar-refractivity contribution in [2.75, 3.05) is 6.61 Å². The third-order valence-corrected chi connectivity index (χ3v) is 4.67. The van der Waals surface area contributed by atoms with Crippen molar-refractivity contribution < 1.29 is 4.74 Å². The second-order valence-electron chi connectivity index (χ2n) is 6.33. The van der Waals surface area contributed by atoms with Crippen LogP contribution in [0.3, 0.4) is 0 Å². The SMILES string of the molecule is CCCCc1ccc(CCc2ccc(OCC)c(C)c2C)cc1. The summed E-state index contributed by atoms with van der Waals surface area (Å²) in [5.74, 6) is 1.02. The van der Waals surface area contributed by atoms with Gasteiger partial charge in [0.15, 0.2) is 0 Å². The minimum atomic E-state index is 0.726. The first-order valence-electron chi connectivity index (χ1n) is 8.95. The van der Waals surface area contributed by atoms with Gasteiger partial charge in [0.1, 0.15) is 5.75 Å². The third kappa shape index (κ3) is 4.86. The minimum Gasteiger partial charge on any atom is -0.494 e. The van der Waals surface area contributed by atoms with Crippen LogP contribution in [0.2, 0.25) is 0 Å². The monoisotopic (exact) mass is 310 g/mol. The number of hydrogen-bond donors (Lipinski definition) is 0. The zero-order valence-corrected chi connectivity index (χ0v) is 15.1. The summed E-state index contributed by atoms with van der Waals surface area (Å²) in [6.07, 6.45) is 5.94. The van der Waals surface area contributed by atoms with E-state index in [2.05, 4.69) is 57.2 Å². The lowest BCUT2D eigenvalue weighted by Crippen LogP contribution is -2.00. The van der Waals surface area contributed by atoms with E-state index in [0.717, 1.165) is 25.2 Å². The first-order valence-corrected chi connectivity index (χ1v) is 8.95. The highest BCUT2D eigenvalue weighted by Crippen LogP contribution is 2.25. The highest BCUT2D eigenvalue weighted by molar-refractivity contribution is 5.44. The Balaban J connectivity index is 1.99. The van der Waals surface area contributed by atoms with Crippen LogP contribution in [0.15, 0.2) is 36.4 Å². The maximum Gasteiger partial charge on any atom is 0.122 e. The molecule has 1 heteroatoms. The molecule has 0 aliphatic heterocycles. The van der Waals surface area contributed by atoms with Gasteiger partial charge in [-0.2, -0.15) is 0 Å². The summed E-state index contributed by atoms with van der Waals surface area (Å²) in [5.41, 5.74) is 6.97. The lowest BCUT2D eigenvalue weighted by Gasteiger charge is -2.14. The Kier molecular flexibility index (Phi) is 6.70. The number of hydrogen-bond acceptors (Lipinski definition) is 1. The summed E-state index contributed by atoms with van der Waals surface area (Å²) in [6.45, 7) is 9.37. The van der Waals surface area contributed by atoms with Crippen LogP contribution in [-0.2, 0) is 19.3 Å². The fraction of sp³-hybridized carbons (Fsp3) is 0.455. The molecule has 0 radical (unpaired) electrons. The second kappa shape index (κ2) is 8.76. The second-order valence-corrected chi connectivity index (χ2v) is 6.33. The molecule has 2 aromatic rings. The summed E-state index contributed by atoms with van der Waals surface area (Å²) < 4.78 is 5.68. The quantitative estimate of drug-likeness (QED) is 0.596. The van der Waals surface area contributed by atoms with Gasteiger partial charge in [0.05, 0.1) is 6.61 Å².